The maximum Gasteiger partial charge on any atom is 0.123 e. The third-order valence-corrected chi connectivity index (χ3v) is 6.26. The molecule has 2 aliphatic heterocycles. The fourth-order valence-corrected chi connectivity index (χ4v) is 4.93. The molecule has 1 saturated heterocycles. The smallest absolute Gasteiger partial charge is 0.123 e. The van der Waals surface area contributed by atoms with Gasteiger partial charge in [-0.1, -0.05) is 23.8 Å². The summed E-state index contributed by atoms with van der Waals surface area (Å²) in [5, 5.41) is 1.41. The van der Waals surface area contributed by atoms with Crippen LogP contribution in [-0.2, 0) is 6.42 Å². The fraction of sp³-hybridized carbons (Fsp3) is 0.333. The zero-order chi connectivity index (χ0) is 18.5. The summed E-state index contributed by atoms with van der Waals surface area (Å²) in [7, 11) is 0. The molecule has 0 spiro atoms. The topological polar surface area (TPSA) is 8.17 Å². The molecule has 3 heteroatoms. The predicted molar refractivity (Wildman–Crippen MR) is 110 cm³/mol. The Balaban J connectivity index is 1.71. The minimum atomic E-state index is -0.188. The average molecular weight is 360 g/mol. The number of benzene rings is 2. The summed E-state index contributed by atoms with van der Waals surface area (Å²) < 4.78 is 15.7. The Kier molecular flexibility index (Phi) is 3.94. The van der Waals surface area contributed by atoms with Gasteiger partial charge in [-0.15, -0.1) is 0 Å². The first-order valence-corrected chi connectivity index (χ1v) is 9.93. The second kappa shape index (κ2) is 6.35. The Morgan fingerprint density at radius 2 is 1.93 bits per heavy atom. The van der Waals surface area contributed by atoms with Gasteiger partial charge in [0.05, 0.1) is 5.52 Å². The predicted octanol–water partition coefficient (Wildman–Crippen LogP) is 5.80. The SMILES string of the molecule is C/C(=C\n1c2c(c3cc(C)ccc31)C1CCCN1CC2)c1ccc(F)cc1. The Bertz CT molecular complexity index is 1040. The van der Waals surface area contributed by atoms with Gasteiger partial charge in [-0.25, -0.2) is 4.39 Å². The molecule has 2 nitrogen and oxygen atoms in total. The highest BCUT2D eigenvalue weighted by atomic mass is 19.1. The molecular weight excluding hydrogens is 335 g/mol. The normalized spacial score (nSPS) is 20.1. The average Bonchev–Trinajstić information content (AvgIpc) is 3.25. The summed E-state index contributed by atoms with van der Waals surface area (Å²) in [6, 6.07) is 14.2. The van der Waals surface area contributed by atoms with Crippen LogP contribution >= 0.6 is 0 Å². The molecule has 0 saturated carbocycles. The summed E-state index contributed by atoms with van der Waals surface area (Å²) in [5.74, 6) is -0.188. The second-order valence-electron chi connectivity index (χ2n) is 8.01. The van der Waals surface area contributed by atoms with Crippen molar-refractivity contribution in [3.63, 3.8) is 0 Å². The minimum Gasteiger partial charge on any atom is -0.320 e. The Morgan fingerprint density at radius 1 is 1.11 bits per heavy atom. The van der Waals surface area contributed by atoms with Gasteiger partial charge in [0.15, 0.2) is 0 Å². The summed E-state index contributed by atoms with van der Waals surface area (Å²) in [4.78, 5) is 2.66. The van der Waals surface area contributed by atoms with Gasteiger partial charge >= 0.3 is 0 Å². The van der Waals surface area contributed by atoms with Crippen LogP contribution in [0.3, 0.4) is 0 Å². The molecule has 0 radical (unpaired) electrons. The van der Waals surface area contributed by atoms with Crippen molar-refractivity contribution in [2.24, 2.45) is 0 Å². The van der Waals surface area contributed by atoms with E-state index < -0.39 is 0 Å². The Hall–Kier alpha value is -2.39. The number of aryl methyl sites for hydroxylation is 1. The lowest BCUT2D eigenvalue weighted by atomic mass is 9.95. The van der Waals surface area contributed by atoms with E-state index in [4.69, 9.17) is 0 Å². The van der Waals surface area contributed by atoms with Crippen LogP contribution in [0.4, 0.5) is 4.39 Å². The highest BCUT2D eigenvalue weighted by Crippen LogP contribution is 2.43. The molecule has 1 fully saturated rings. The number of rotatable bonds is 2. The molecule has 1 unspecified atom stereocenters. The largest absolute Gasteiger partial charge is 0.320 e. The first-order chi connectivity index (χ1) is 13.1. The summed E-state index contributed by atoms with van der Waals surface area (Å²) >= 11 is 0. The molecular formula is C24H25FN2. The maximum absolute atomic E-state index is 13.3. The molecule has 2 aromatic carbocycles. The molecule has 2 aliphatic rings. The molecule has 3 heterocycles. The van der Waals surface area contributed by atoms with Gasteiger partial charge in [0.1, 0.15) is 5.82 Å². The molecule has 1 aromatic heterocycles. The molecule has 0 aliphatic carbocycles. The van der Waals surface area contributed by atoms with Crippen LogP contribution in [0.2, 0.25) is 0 Å². The van der Waals surface area contributed by atoms with Crippen LogP contribution in [0.1, 0.15) is 48.2 Å². The van der Waals surface area contributed by atoms with Gasteiger partial charge in [-0.2, -0.15) is 0 Å². The minimum absolute atomic E-state index is 0.188. The molecule has 3 aromatic rings. The van der Waals surface area contributed by atoms with E-state index in [1.807, 2.05) is 12.1 Å². The number of hydrogen-bond donors (Lipinski definition) is 0. The van der Waals surface area contributed by atoms with Gasteiger partial charge < -0.3 is 4.57 Å². The van der Waals surface area contributed by atoms with E-state index >= 15 is 0 Å². The van der Waals surface area contributed by atoms with Crippen molar-refractivity contribution in [2.45, 2.75) is 39.2 Å². The lowest BCUT2D eigenvalue weighted by Crippen LogP contribution is -2.31. The molecule has 0 N–H and O–H groups in total. The zero-order valence-electron chi connectivity index (χ0n) is 16.0. The van der Waals surface area contributed by atoms with Gasteiger partial charge in [0, 0.05) is 36.3 Å². The lowest BCUT2D eigenvalue weighted by Gasteiger charge is -2.30. The summed E-state index contributed by atoms with van der Waals surface area (Å²) in [5.41, 5.74) is 7.83. The third-order valence-electron chi connectivity index (χ3n) is 6.26. The standard InChI is InChI=1S/C24H25FN2/c1-16-5-10-21-20(14-16)24-22-4-3-12-26(22)13-11-23(24)27(21)15-17(2)18-6-8-19(25)9-7-18/h5-10,14-15,22H,3-4,11-13H2,1-2H3/b17-15+. The van der Waals surface area contributed by atoms with Crippen LogP contribution in [0.5, 0.6) is 0 Å². The Labute approximate surface area is 159 Å². The van der Waals surface area contributed by atoms with Gasteiger partial charge in [-0.3, -0.25) is 4.90 Å². The van der Waals surface area contributed by atoms with E-state index in [0.717, 1.165) is 24.1 Å². The summed E-state index contributed by atoms with van der Waals surface area (Å²) in [6.45, 7) is 6.67. The van der Waals surface area contributed by atoms with E-state index in [2.05, 4.69) is 47.7 Å². The van der Waals surface area contributed by atoms with Crippen LogP contribution in [0, 0.1) is 12.7 Å². The summed E-state index contributed by atoms with van der Waals surface area (Å²) in [6.07, 6.45) is 5.90. The van der Waals surface area contributed by atoms with E-state index in [9.17, 15) is 4.39 Å². The molecule has 1 atom stereocenters. The van der Waals surface area contributed by atoms with E-state index in [0.29, 0.717) is 6.04 Å². The molecule has 27 heavy (non-hydrogen) atoms. The molecule has 0 amide bonds. The maximum atomic E-state index is 13.3. The third kappa shape index (κ3) is 2.72. The Morgan fingerprint density at radius 3 is 2.74 bits per heavy atom. The number of nitrogens with zero attached hydrogens (tertiary/aromatic N) is 2. The quantitative estimate of drug-likeness (QED) is 0.561. The number of halogens is 1. The fourth-order valence-electron chi connectivity index (χ4n) is 4.93. The van der Waals surface area contributed by atoms with Crippen molar-refractivity contribution >= 4 is 22.7 Å². The van der Waals surface area contributed by atoms with Crippen molar-refractivity contribution < 1.29 is 4.39 Å². The van der Waals surface area contributed by atoms with Crippen LogP contribution < -0.4 is 0 Å². The lowest BCUT2D eigenvalue weighted by molar-refractivity contribution is 0.243. The second-order valence-corrected chi connectivity index (χ2v) is 8.01. The van der Waals surface area contributed by atoms with Crippen molar-refractivity contribution in [1.29, 1.82) is 0 Å². The van der Waals surface area contributed by atoms with Crippen LogP contribution in [0.15, 0.2) is 42.5 Å². The first kappa shape index (κ1) is 16.8. The number of fused-ring (bicyclic) bond motifs is 5. The zero-order valence-corrected chi connectivity index (χ0v) is 16.0. The first-order valence-electron chi connectivity index (χ1n) is 9.93. The van der Waals surface area contributed by atoms with Crippen molar-refractivity contribution in [3.8, 4) is 0 Å². The molecule has 138 valence electrons. The number of aromatic nitrogens is 1. The van der Waals surface area contributed by atoms with E-state index in [1.165, 1.54) is 53.7 Å². The van der Waals surface area contributed by atoms with E-state index in [-0.39, 0.29) is 5.82 Å². The van der Waals surface area contributed by atoms with Crippen molar-refractivity contribution in [1.82, 2.24) is 9.47 Å². The van der Waals surface area contributed by atoms with Crippen molar-refractivity contribution in [2.75, 3.05) is 13.1 Å². The van der Waals surface area contributed by atoms with Gasteiger partial charge in [-0.05, 0) is 74.2 Å². The van der Waals surface area contributed by atoms with E-state index in [1.54, 1.807) is 5.56 Å². The monoisotopic (exact) mass is 360 g/mol. The molecule has 5 rings (SSSR count). The van der Waals surface area contributed by atoms with Gasteiger partial charge in [0.2, 0.25) is 0 Å². The van der Waals surface area contributed by atoms with Crippen LogP contribution in [0.25, 0.3) is 22.7 Å². The number of allylic oxidation sites excluding steroid dienone is 1. The highest BCUT2D eigenvalue weighted by molar-refractivity contribution is 5.91. The number of hydrogen-bond acceptors (Lipinski definition) is 1. The van der Waals surface area contributed by atoms with Gasteiger partial charge in [0.25, 0.3) is 0 Å². The van der Waals surface area contributed by atoms with Crippen molar-refractivity contribution in [3.05, 3.63) is 70.7 Å². The van der Waals surface area contributed by atoms with Crippen LogP contribution in [-0.4, -0.2) is 22.6 Å². The molecule has 0 bridgehead atoms. The highest BCUT2D eigenvalue weighted by Gasteiger charge is 2.35.